The Bertz CT molecular complexity index is 616. The minimum Gasteiger partial charge on any atom is -0.463 e. The number of ether oxygens (including phenoxy) is 1. The molecule has 2 aromatic rings. The van der Waals surface area contributed by atoms with Gasteiger partial charge >= 0.3 is 5.97 Å². The summed E-state index contributed by atoms with van der Waals surface area (Å²) in [4.78, 5) is 14.5. The number of para-hydroxylation sites is 1. The largest absolute Gasteiger partial charge is 0.463 e. The van der Waals surface area contributed by atoms with Crippen molar-refractivity contribution in [1.29, 1.82) is 0 Å². The predicted octanol–water partition coefficient (Wildman–Crippen LogP) is 2.92. The van der Waals surface area contributed by atoms with Crippen LogP contribution < -0.4 is 5.73 Å². The van der Waals surface area contributed by atoms with Crippen molar-refractivity contribution in [2.75, 3.05) is 6.61 Å². The molecule has 0 spiro atoms. The molecule has 2 rings (SSSR count). The van der Waals surface area contributed by atoms with E-state index in [-0.39, 0.29) is 17.9 Å². The minimum absolute atomic E-state index is 0.0404. The summed E-state index contributed by atoms with van der Waals surface area (Å²) in [5.41, 5.74) is 8.41. The maximum absolute atomic E-state index is 11.3. The van der Waals surface area contributed by atoms with Crippen LogP contribution in [0.2, 0.25) is 0 Å². The SMILES string of the molecule is CCOC(=O)C=CC(C)C(N)c1c[nH]c2ccccc12. The van der Waals surface area contributed by atoms with Crippen molar-refractivity contribution < 1.29 is 9.53 Å². The Morgan fingerprint density at radius 2 is 2.20 bits per heavy atom. The highest BCUT2D eigenvalue weighted by Crippen LogP contribution is 2.27. The summed E-state index contributed by atoms with van der Waals surface area (Å²) in [5, 5.41) is 1.12. The lowest BCUT2D eigenvalue weighted by atomic mass is 9.94. The minimum atomic E-state index is -0.328. The number of benzene rings is 1. The van der Waals surface area contributed by atoms with Crippen LogP contribution >= 0.6 is 0 Å². The third-order valence-electron chi connectivity index (χ3n) is 3.37. The molecule has 3 N–H and O–H groups in total. The smallest absolute Gasteiger partial charge is 0.330 e. The van der Waals surface area contributed by atoms with Crippen LogP contribution in [0.25, 0.3) is 10.9 Å². The summed E-state index contributed by atoms with van der Waals surface area (Å²) in [7, 11) is 0. The number of fused-ring (bicyclic) bond motifs is 1. The van der Waals surface area contributed by atoms with E-state index in [0.29, 0.717) is 6.61 Å². The van der Waals surface area contributed by atoms with E-state index in [1.54, 1.807) is 13.0 Å². The molecular formula is C16H20N2O2. The Morgan fingerprint density at radius 1 is 1.45 bits per heavy atom. The molecule has 0 aliphatic carbocycles. The Labute approximate surface area is 118 Å². The van der Waals surface area contributed by atoms with E-state index >= 15 is 0 Å². The molecule has 0 bridgehead atoms. The van der Waals surface area contributed by atoms with Crippen molar-refractivity contribution in [3.05, 3.63) is 48.2 Å². The first-order valence-electron chi connectivity index (χ1n) is 6.80. The quantitative estimate of drug-likeness (QED) is 0.649. The molecule has 106 valence electrons. The topological polar surface area (TPSA) is 68.1 Å². The molecule has 4 nitrogen and oxygen atoms in total. The lowest BCUT2D eigenvalue weighted by Crippen LogP contribution is -2.17. The zero-order chi connectivity index (χ0) is 14.5. The Morgan fingerprint density at radius 3 is 2.95 bits per heavy atom. The first-order valence-corrected chi connectivity index (χ1v) is 6.80. The molecular weight excluding hydrogens is 252 g/mol. The third kappa shape index (κ3) is 3.08. The number of H-pyrrole nitrogens is 1. The van der Waals surface area contributed by atoms with Crippen LogP contribution in [0.1, 0.15) is 25.5 Å². The second-order valence-electron chi connectivity index (χ2n) is 4.79. The summed E-state index contributed by atoms with van der Waals surface area (Å²) in [5.74, 6) is -0.288. The number of hydrogen-bond acceptors (Lipinski definition) is 3. The molecule has 0 saturated heterocycles. The van der Waals surface area contributed by atoms with Gasteiger partial charge in [0, 0.05) is 29.2 Å². The van der Waals surface area contributed by atoms with Gasteiger partial charge in [-0.2, -0.15) is 0 Å². The van der Waals surface area contributed by atoms with Crippen molar-refractivity contribution >= 4 is 16.9 Å². The number of nitrogens with one attached hydrogen (secondary N) is 1. The number of carbonyl (C=O) groups is 1. The molecule has 0 aliphatic heterocycles. The van der Waals surface area contributed by atoms with Crippen LogP contribution in [-0.2, 0) is 9.53 Å². The van der Waals surface area contributed by atoms with Crippen LogP contribution in [0.5, 0.6) is 0 Å². The molecule has 4 heteroatoms. The average molecular weight is 272 g/mol. The molecule has 20 heavy (non-hydrogen) atoms. The summed E-state index contributed by atoms with van der Waals surface area (Å²) < 4.78 is 4.86. The van der Waals surface area contributed by atoms with Gasteiger partial charge in [0.1, 0.15) is 0 Å². The van der Waals surface area contributed by atoms with Crippen molar-refractivity contribution in [1.82, 2.24) is 4.98 Å². The summed E-state index contributed by atoms with van der Waals surface area (Å²) in [6.07, 6.45) is 5.18. The number of carbonyl (C=O) groups excluding carboxylic acids is 1. The fourth-order valence-corrected chi connectivity index (χ4v) is 2.19. The van der Waals surface area contributed by atoms with E-state index in [1.807, 2.05) is 37.4 Å². The molecule has 0 radical (unpaired) electrons. The molecule has 0 fully saturated rings. The predicted molar refractivity (Wildman–Crippen MR) is 80.2 cm³/mol. The van der Waals surface area contributed by atoms with Gasteiger partial charge in [0.25, 0.3) is 0 Å². The fourth-order valence-electron chi connectivity index (χ4n) is 2.19. The van der Waals surface area contributed by atoms with Gasteiger partial charge in [-0.3, -0.25) is 0 Å². The van der Waals surface area contributed by atoms with Crippen LogP contribution in [0.4, 0.5) is 0 Å². The van der Waals surface area contributed by atoms with E-state index in [0.717, 1.165) is 16.5 Å². The molecule has 1 aromatic heterocycles. The van der Waals surface area contributed by atoms with Gasteiger partial charge in [-0.05, 0) is 24.5 Å². The van der Waals surface area contributed by atoms with Gasteiger partial charge in [0.15, 0.2) is 0 Å². The Hall–Kier alpha value is -2.07. The van der Waals surface area contributed by atoms with E-state index in [1.165, 1.54) is 6.08 Å². The third-order valence-corrected chi connectivity index (χ3v) is 3.37. The van der Waals surface area contributed by atoms with Crippen LogP contribution in [0, 0.1) is 5.92 Å². The first-order chi connectivity index (χ1) is 9.63. The second kappa shape index (κ2) is 6.39. The highest BCUT2D eigenvalue weighted by atomic mass is 16.5. The van der Waals surface area contributed by atoms with Gasteiger partial charge in [-0.1, -0.05) is 31.2 Å². The van der Waals surface area contributed by atoms with Gasteiger partial charge in [-0.15, -0.1) is 0 Å². The van der Waals surface area contributed by atoms with Gasteiger partial charge in [0.2, 0.25) is 0 Å². The number of esters is 1. The maximum atomic E-state index is 11.3. The first kappa shape index (κ1) is 14.3. The molecule has 1 heterocycles. The van der Waals surface area contributed by atoms with E-state index in [4.69, 9.17) is 10.5 Å². The van der Waals surface area contributed by atoms with Crippen LogP contribution in [-0.4, -0.2) is 17.6 Å². The van der Waals surface area contributed by atoms with Crippen molar-refractivity contribution in [3.8, 4) is 0 Å². The standard InChI is InChI=1S/C16H20N2O2/c1-3-20-15(19)9-8-11(2)16(17)13-10-18-14-7-5-4-6-12(13)14/h4-11,16,18H,3,17H2,1-2H3. The number of hydrogen-bond donors (Lipinski definition) is 2. The average Bonchev–Trinajstić information content (AvgIpc) is 2.88. The summed E-state index contributed by atoms with van der Waals surface area (Å²) in [6.45, 7) is 4.15. The Balaban J connectivity index is 2.14. The number of rotatable bonds is 5. The van der Waals surface area contributed by atoms with Crippen LogP contribution in [0.15, 0.2) is 42.6 Å². The molecule has 0 saturated carbocycles. The number of aromatic nitrogens is 1. The maximum Gasteiger partial charge on any atom is 0.330 e. The number of aromatic amines is 1. The molecule has 2 unspecified atom stereocenters. The van der Waals surface area contributed by atoms with Crippen molar-refractivity contribution in [2.45, 2.75) is 19.9 Å². The lowest BCUT2D eigenvalue weighted by molar-refractivity contribution is -0.137. The zero-order valence-corrected chi connectivity index (χ0v) is 11.8. The highest BCUT2D eigenvalue weighted by Gasteiger charge is 2.16. The molecule has 1 aromatic carbocycles. The van der Waals surface area contributed by atoms with Gasteiger partial charge in [0.05, 0.1) is 6.61 Å². The van der Waals surface area contributed by atoms with E-state index in [9.17, 15) is 4.79 Å². The zero-order valence-electron chi connectivity index (χ0n) is 11.8. The molecule has 0 amide bonds. The molecule has 0 aliphatic rings. The fraction of sp³-hybridized carbons (Fsp3) is 0.312. The number of nitrogens with two attached hydrogens (primary N) is 1. The van der Waals surface area contributed by atoms with Crippen molar-refractivity contribution in [2.24, 2.45) is 11.7 Å². The molecule has 2 atom stereocenters. The van der Waals surface area contributed by atoms with Crippen LogP contribution in [0.3, 0.4) is 0 Å². The normalized spacial score (nSPS) is 14.6. The highest BCUT2D eigenvalue weighted by molar-refractivity contribution is 5.84. The van der Waals surface area contributed by atoms with E-state index in [2.05, 4.69) is 4.98 Å². The summed E-state index contributed by atoms with van der Waals surface area (Å²) in [6, 6.07) is 7.87. The summed E-state index contributed by atoms with van der Waals surface area (Å²) >= 11 is 0. The Kier molecular flexibility index (Phi) is 4.58. The lowest BCUT2D eigenvalue weighted by Gasteiger charge is -2.16. The monoisotopic (exact) mass is 272 g/mol. The van der Waals surface area contributed by atoms with Crippen molar-refractivity contribution in [3.63, 3.8) is 0 Å². The van der Waals surface area contributed by atoms with Gasteiger partial charge < -0.3 is 15.5 Å². The van der Waals surface area contributed by atoms with Gasteiger partial charge in [-0.25, -0.2) is 4.79 Å². The van der Waals surface area contributed by atoms with E-state index < -0.39 is 0 Å². The second-order valence-corrected chi connectivity index (χ2v) is 4.79.